The van der Waals surface area contributed by atoms with E-state index in [0.29, 0.717) is 36.3 Å². The molecule has 1 unspecified atom stereocenters. The molecule has 178 valence electrons. The fraction of sp³-hybridized carbons (Fsp3) is 0.600. The van der Waals surface area contributed by atoms with Crippen LogP contribution in [0.3, 0.4) is 0 Å². The van der Waals surface area contributed by atoms with Crippen LogP contribution < -0.4 is 0 Å². The van der Waals surface area contributed by atoms with E-state index in [1.54, 1.807) is 12.1 Å². The van der Waals surface area contributed by atoms with Gasteiger partial charge in [0, 0.05) is 36.6 Å². The number of unbranched alkanes of at least 4 members (excludes halogenated alkanes) is 3. The van der Waals surface area contributed by atoms with Crippen LogP contribution in [0.5, 0.6) is 0 Å². The van der Waals surface area contributed by atoms with Gasteiger partial charge in [-0.3, -0.25) is 9.59 Å². The van der Waals surface area contributed by atoms with Gasteiger partial charge in [-0.15, -0.1) is 10.2 Å². The van der Waals surface area contributed by atoms with E-state index in [1.807, 2.05) is 11.0 Å². The Morgan fingerprint density at radius 1 is 1.18 bits per heavy atom. The van der Waals surface area contributed by atoms with E-state index in [2.05, 4.69) is 17.1 Å². The lowest BCUT2D eigenvalue weighted by molar-refractivity contribution is -0.120. The molecule has 0 bridgehead atoms. The highest BCUT2D eigenvalue weighted by Gasteiger charge is 2.38. The molecule has 2 aliphatic rings. The van der Waals surface area contributed by atoms with Crippen molar-refractivity contribution in [1.29, 1.82) is 0 Å². The van der Waals surface area contributed by atoms with Crippen LogP contribution in [0.1, 0.15) is 99.4 Å². The molecule has 1 saturated carbocycles. The van der Waals surface area contributed by atoms with Crippen LogP contribution in [0.2, 0.25) is 0 Å². The molecule has 33 heavy (non-hydrogen) atoms. The molecule has 2 heterocycles. The van der Waals surface area contributed by atoms with Crippen LogP contribution in [0.15, 0.2) is 22.6 Å². The summed E-state index contributed by atoms with van der Waals surface area (Å²) in [6.07, 6.45) is 6.70. The molecule has 1 aromatic carbocycles. The van der Waals surface area contributed by atoms with E-state index in [1.165, 1.54) is 0 Å². The van der Waals surface area contributed by atoms with Crippen molar-refractivity contribution < 1.29 is 22.8 Å². The number of alkyl halides is 2. The van der Waals surface area contributed by atoms with Gasteiger partial charge in [0.25, 0.3) is 11.8 Å². The highest BCUT2D eigenvalue weighted by molar-refractivity contribution is 5.99. The van der Waals surface area contributed by atoms with Crippen molar-refractivity contribution in [2.45, 2.75) is 90.1 Å². The average Bonchev–Trinajstić information content (AvgIpc) is 3.43. The Balaban J connectivity index is 1.45. The molecule has 0 spiro atoms. The SMILES string of the molecule is CCCCCCC(=O)CC1CCCC[C@H]1N1Cc2ccc(-c3nnc(C(F)F)o3)cc2C1=O. The Morgan fingerprint density at radius 3 is 2.76 bits per heavy atom. The van der Waals surface area contributed by atoms with Crippen LogP contribution in [0.4, 0.5) is 8.78 Å². The van der Waals surface area contributed by atoms with Gasteiger partial charge in [0.2, 0.25) is 5.89 Å². The molecule has 6 nitrogen and oxygen atoms in total. The first-order chi connectivity index (χ1) is 16.0. The first kappa shape index (κ1) is 23.5. The van der Waals surface area contributed by atoms with E-state index in [9.17, 15) is 18.4 Å². The molecule has 1 aliphatic carbocycles. The molecular weight excluding hydrogens is 428 g/mol. The average molecular weight is 460 g/mol. The standard InChI is InChI=1S/C25H31F2N3O3/c1-2-3-4-5-9-19(31)13-16-8-6-7-10-21(16)30-15-18-12-11-17(14-20(18)25(30)32)23-28-29-24(33-23)22(26)27/h11-12,14,16,21-22H,2-10,13,15H2,1H3/t16?,21-/m1/s1. The van der Waals surface area contributed by atoms with Crippen molar-refractivity contribution in [3.63, 3.8) is 0 Å². The van der Waals surface area contributed by atoms with Crippen LogP contribution in [-0.2, 0) is 11.3 Å². The predicted octanol–water partition coefficient (Wildman–Crippen LogP) is 6.12. The van der Waals surface area contributed by atoms with E-state index in [4.69, 9.17) is 4.42 Å². The van der Waals surface area contributed by atoms with Gasteiger partial charge in [-0.1, -0.05) is 45.1 Å². The number of nitrogens with zero attached hydrogens (tertiary/aromatic N) is 3. The topological polar surface area (TPSA) is 76.3 Å². The van der Waals surface area contributed by atoms with Gasteiger partial charge in [-0.2, -0.15) is 8.78 Å². The van der Waals surface area contributed by atoms with Crippen molar-refractivity contribution in [3.8, 4) is 11.5 Å². The summed E-state index contributed by atoms with van der Waals surface area (Å²) in [5.74, 6) is -0.334. The number of ketones is 1. The smallest absolute Gasteiger partial charge is 0.314 e. The number of halogens is 2. The third-order valence-electron chi connectivity index (χ3n) is 6.88. The van der Waals surface area contributed by atoms with Crippen LogP contribution in [-0.4, -0.2) is 32.8 Å². The first-order valence-corrected chi connectivity index (χ1v) is 12.1. The summed E-state index contributed by atoms with van der Waals surface area (Å²) >= 11 is 0. The number of hydrogen-bond donors (Lipinski definition) is 0. The normalized spacial score (nSPS) is 20.5. The predicted molar refractivity (Wildman–Crippen MR) is 119 cm³/mol. The van der Waals surface area contributed by atoms with Crippen molar-refractivity contribution in [2.75, 3.05) is 0 Å². The second kappa shape index (κ2) is 10.5. The lowest BCUT2D eigenvalue weighted by Crippen LogP contribution is -2.43. The maximum absolute atomic E-state index is 13.3. The van der Waals surface area contributed by atoms with Gasteiger partial charge in [0.05, 0.1) is 0 Å². The number of Topliss-reactive ketones (excluding diaryl/α,β-unsaturated/α-hetero) is 1. The molecule has 0 radical (unpaired) electrons. The summed E-state index contributed by atoms with van der Waals surface area (Å²) in [4.78, 5) is 27.8. The molecule has 1 fully saturated rings. The summed E-state index contributed by atoms with van der Waals surface area (Å²) in [7, 11) is 0. The summed E-state index contributed by atoms with van der Waals surface area (Å²) in [5.41, 5.74) is 1.89. The van der Waals surface area contributed by atoms with E-state index in [-0.39, 0.29) is 23.8 Å². The molecule has 1 amide bonds. The molecule has 2 aromatic rings. The number of rotatable bonds is 10. The number of fused-ring (bicyclic) bond motifs is 1. The monoisotopic (exact) mass is 459 g/mol. The number of aromatic nitrogens is 2. The van der Waals surface area contributed by atoms with Gasteiger partial charge < -0.3 is 9.32 Å². The Hall–Kier alpha value is -2.64. The molecule has 2 atom stereocenters. The number of carbonyl (C=O) groups is 2. The maximum Gasteiger partial charge on any atom is 0.314 e. The fourth-order valence-corrected chi connectivity index (χ4v) is 5.14. The minimum Gasteiger partial charge on any atom is -0.415 e. The Kier molecular flexibility index (Phi) is 7.50. The molecule has 8 heteroatoms. The summed E-state index contributed by atoms with van der Waals surface area (Å²) in [6.45, 7) is 2.66. The molecular formula is C25H31F2N3O3. The van der Waals surface area contributed by atoms with Crippen LogP contribution in [0, 0.1) is 5.92 Å². The Labute approximate surface area is 192 Å². The zero-order chi connectivity index (χ0) is 23.4. The lowest BCUT2D eigenvalue weighted by atomic mass is 9.80. The number of benzene rings is 1. The second-order valence-electron chi connectivity index (χ2n) is 9.22. The minimum absolute atomic E-state index is 0.0245. The van der Waals surface area contributed by atoms with Gasteiger partial charge in [-0.05, 0) is 42.9 Å². The Morgan fingerprint density at radius 2 is 2.00 bits per heavy atom. The van der Waals surface area contributed by atoms with Gasteiger partial charge in [0.1, 0.15) is 5.78 Å². The Bertz CT molecular complexity index is 991. The quantitative estimate of drug-likeness (QED) is 0.400. The lowest BCUT2D eigenvalue weighted by Gasteiger charge is -2.37. The van der Waals surface area contributed by atoms with Crippen molar-refractivity contribution >= 4 is 11.7 Å². The second-order valence-corrected chi connectivity index (χ2v) is 9.22. The zero-order valence-corrected chi connectivity index (χ0v) is 19.1. The fourth-order valence-electron chi connectivity index (χ4n) is 5.14. The molecule has 4 rings (SSSR count). The van der Waals surface area contributed by atoms with E-state index < -0.39 is 12.3 Å². The summed E-state index contributed by atoms with van der Waals surface area (Å²) < 4.78 is 30.6. The van der Waals surface area contributed by atoms with Crippen molar-refractivity contribution in [2.24, 2.45) is 5.92 Å². The minimum atomic E-state index is -2.84. The van der Waals surface area contributed by atoms with Gasteiger partial charge >= 0.3 is 6.43 Å². The number of hydrogen-bond acceptors (Lipinski definition) is 5. The first-order valence-electron chi connectivity index (χ1n) is 12.1. The highest BCUT2D eigenvalue weighted by atomic mass is 19.3. The van der Waals surface area contributed by atoms with E-state index >= 15 is 0 Å². The molecule has 0 saturated heterocycles. The van der Waals surface area contributed by atoms with E-state index in [0.717, 1.165) is 56.9 Å². The third-order valence-corrected chi connectivity index (χ3v) is 6.88. The van der Waals surface area contributed by atoms with Crippen molar-refractivity contribution in [3.05, 3.63) is 35.2 Å². The maximum atomic E-state index is 13.3. The van der Waals surface area contributed by atoms with Crippen LogP contribution in [0.25, 0.3) is 11.5 Å². The number of carbonyl (C=O) groups excluding carboxylic acids is 2. The number of amides is 1. The summed E-state index contributed by atoms with van der Waals surface area (Å²) in [5, 5.41) is 7.06. The van der Waals surface area contributed by atoms with Gasteiger partial charge in [-0.25, -0.2) is 0 Å². The van der Waals surface area contributed by atoms with Crippen molar-refractivity contribution in [1.82, 2.24) is 15.1 Å². The third kappa shape index (κ3) is 5.31. The zero-order valence-electron chi connectivity index (χ0n) is 19.1. The molecule has 1 aliphatic heterocycles. The molecule has 0 N–H and O–H groups in total. The van der Waals surface area contributed by atoms with Gasteiger partial charge in [0.15, 0.2) is 0 Å². The highest BCUT2D eigenvalue weighted by Crippen LogP contribution is 2.37. The largest absolute Gasteiger partial charge is 0.415 e. The van der Waals surface area contributed by atoms with Crippen LogP contribution >= 0.6 is 0 Å². The molecule has 1 aromatic heterocycles. The summed E-state index contributed by atoms with van der Waals surface area (Å²) in [6, 6.07) is 5.25.